The van der Waals surface area contributed by atoms with Gasteiger partial charge in [-0.1, -0.05) is 20.8 Å². The molecule has 3 N–H and O–H groups in total. The number of sulfonamides is 1. The van der Waals surface area contributed by atoms with E-state index in [2.05, 4.69) is 41.1 Å². The summed E-state index contributed by atoms with van der Waals surface area (Å²) in [5.74, 6) is 0.681. The minimum atomic E-state index is -3.11. The average molecular weight is 322 g/mol. The van der Waals surface area contributed by atoms with Crippen molar-refractivity contribution in [2.45, 2.75) is 33.3 Å². The van der Waals surface area contributed by atoms with Gasteiger partial charge in [0.05, 0.1) is 12.4 Å². The fraction of sp³-hybridized carbons (Fsp3) is 0.923. The van der Waals surface area contributed by atoms with Gasteiger partial charge in [-0.15, -0.1) is 0 Å². The summed E-state index contributed by atoms with van der Waals surface area (Å²) in [4.78, 5) is 4.12. The second kappa shape index (κ2) is 9.22. The number of methoxy groups -OCH3 is 1. The highest BCUT2D eigenvalue weighted by Crippen LogP contribution is 2.20. The van der Waals surface area contributed by atoms with Gasteiger partial charge in [-0.25, -0.2) is 13.1 Å². The van der Waals surface area contributed by atoms with Crippen molar-refractivity contribution in [2.75, 3.05) is 40.0 Å². The Labute approximate surface area is 129 Å². The Balaban J connectivity index is 4.03. The lowest BCUT2D eigenvalue weighted by Crippen LogP contribution is -2.45. The van der Waals surface area contributed by atoms with Crippen LogP contribution in [0.2, 0.25) is 0 Å². The molecule has 0 spiro atoms. The van der Waals surface area contributed by atoms with Gasteiger partial charge < -0.3 is 15.4 Å². The lowest BCUT2D eigenvalue weighted by molar-refractivity contribution is 0.0205. The molecule has 7 nitrogen and oxygen atoms in total. The first-order valence-electron chi connectivity index (χ1n) is 7.02. The van der Waals surface area contributed by atoms with E-state index in [0.717, 1.165) is 6.26 Å². The van der Waals surface area contributed by atoms with E-state index in [1.165, 1.54) is 0 Å². The maximum absolute atomic E-state index is 10.9. The molecule has 0 aromatic rings. The molecule has 0 heterocycles. The second-order valence-corrected chi connectivity index (χ2v) is 7.82. The van der Waals surface area contributed by atoms with E-state index in [-0.39, 0.29) is 11.5 Å². The normalized spacial score (nSPS) is 14.9. The van der Waals surface area contributed by atoms with Crippen molar-refractivity contribution < 1.29 is 13.2 Å². The second-order valence-electron chi connectivity index (χ2n) is 5.99. The molecule has 1 unspecified atom stereocenters. The fourth-order valence-corrected chi connectivity index (χ4v) is 2.22. The zero-order chi connectivity index (χ0) is 16.5. The van der Waals surface area contributed by atoms with Gasteiger partial charge >= 0.3 is 0 Å². The maximum atomic E-state index is 10.9. The van der Waals surface area contributed by atoms with Crippen LogP contribution in [0.5, 0.6) is 0 Å². The van der Waals surface area contributed by atoms with Crippen molar-refractivity contribution in [3.8, 4) is 0 Å². The maximum Gasteiger partial charge on any atom is 0.208 e. The van der Waals surface area contributed by atoms with E-state index in [1.54, 1.807) is 14.2 Å². The highest BCUT2D eigenvalue weighted by atomic mass is 32.2. The van der Waals surface area contributed by atoms with Gasteiger partial charge in [0.2, 0.25) is 10.0 Å². The van der Waals surface area contributed by atoms with Crippen LogP contribution in [0.15, 0.2) is 4.99 Å². The largest absolute Gasteiger partial charge is 0.379 e. The Morgan fingerprint density at radius 2 is 1.86 bits per heavy atom. The molecule has 0 saturated heterocycles. The van der Waals surface area contributed by atoms with Crippen molar-refractivity contribution in [1.29, 1.82) is 0 Å². The van der Waals surface area contributed by atoms with E-state index < -0.39 is 10.0 Å². The predicted molar refractivity (Wildman–Crippen MR) is 87.1 cm³/mol. The lowest BCUT2D eigenvalue weighted by Gasteiger charge is -2.30. The van der Waals surface area contributed by atoms with E-state index in [1.807, 2.05) is 0 Å². The molecule has 0 aromatic heterocycles. The minimum Gasteiger partial charge on any atom is -0.379 e. The molecule has 0 bridgehead atoms. The molecule has 0 aliphatic heterocycles. The van der Waals surface area contributed by atoms with Gasteiger partial charge in [0.15, 0.2) is 5.96 Å². The minimum absolute atomic E-state index is 0.0417. The van der Waals surface area contributed by atoms with Gasteiger partial charge in [-0.3, -0.25) is 4.99 Å². The molecule has 0 radical (unpaired) electrons. The Bertz CT molecular complexity index is 416. The summed E-state index contributed by atoms with van der Waals surface area (Å²) in [6, 6.07) is 0. The average Bonchev–Trinajstić information content (AvgIpc) is 2.33. The van der Waals surface area contributed by atoms with Crippen LogP contribution in [-0.2, 0) is 14.8 Å². The fourth-order valence-electron chi connectivity index (χ4n) is 1.71. The quantitative estimate of drug-likeness (QED) is 0.336. The third-order valence-electron chi connectivity index (χ3n) is 2.94. The molecule has 21 heavy (non-hydrogen) atoms. The summed E-state index contributed by atoms with van der Waals surface area (Å²) < 4.78 is 29.7. The summed E-state index contributed by atoms with van der Waals surface area (Å²) in [5.41, 5.74) is 0.0417. The highest BCUT2D eigenvalue weighted by molar-refractivity contribution is 7.88. The highest BCUT2D eigenvalue weighted by Gasteiger charge is 2.24. The summed E-state index contributed by atoms with van der Waals surface area (Å²) in [5, 5.41) is 6.34. The third-order valence-corrected chi connectivity index (χ3v) is 3.67. The Hall–Kier alpha value is -0.860. The molecule has 0 amide bonds. The van der Waals surface area contributed by atoms with E-state index in [0.29, 0.717) is 32.0 Å². The van der Waals surface area contributed by atoms with Crippen LogP contribution in [0.1, 0.15) is 27.2 Å². The lowest BCUT2D eigenvalue weighted by atomic mass is 9.89. The zero-order valence-electron chi connectivity index (χ0n) is 14.0. The number of aliphatic imine (C=N–C) groups is 1. The Morgan fingerprint density at radius 1 is 1.24 bits per heavy atom. The van der Waals surface area contributed by atoms with Gasteiger partial charge in [-0.05, 0) is 11.8 Å². The summed E-state index contributed by atoms with van der Waals surface area (Å²) >= 11 is 0. The molecule has 8 heteroatoms. The Morgan fingerprint density at radius 3 is 2.29 bits per heavy atom. The number of hydrogen-bond donors (Lipinski definition) is 3. The first-order chi connectivity index (χ1) is 9.60. The summed E-state index contributed by atoms with van der Waals surface area (Å²) in [7, 11) is 0.285. The monoisotopic (exact) mass is 322 g/mol. The van der Waals surface area contributed by atoms with Crippen molar-refractivity contribution in [3.63, 3.8) is 0 Å². The van der Waals surface area contributed by atoms with Crippen molar-refractivity contribution in [2.24, 2.45) is 10.4 Å². The van der Waals surface area contributed by atoms with Crippen LogP contribution in [0.25, 0.3) is 0 Å². The SMILES string of the molecule is CN=C(NCCCNS(C)(=O)=O)NCC(OC)C(C)(C)C. The first-order valence-corrected chi connectivity index (χ1v) is 8.91. The van der Waals surface area contributed by atoms with Crippen LogP contribution in [0, 0.1) is 5.41 Å². The molecular formula is C13H30N4O3S. The van der Waals surface area contributed by atoms with Crippen LogP contribution < -0.4 is 15.4 Å². The smallest absolute Gasteiger partial charge is 0.208 e. The molecule has 126 valence electrons. The molecular weight excluding hydrogens is 292 g/mol. The van der Waals surface area contributed by atoms with E-state index in [9.17, 15) is 8.42 Å². The number of nitrogens with zero attached hydrogens (tertiary/aromatic N) is 1. The van der Waals surface area contributed by atoms with Crippen molar-refractivity contribution in [3.05, 3.63) is 0 Å². The number of hydrogen-bond acceptors (Lipinski definition) is 4. The molecule has 1 atom stereocenters. The standard InChI is InChI=1S/C13H30N4O3S/c1-13(2,3)11(20-5)10-16-12(14-4)15-8-7-9-17-21(6,18)19/h11,17H,7-10H2,1-6H3,(H2,14,15,16). The van der Waals surface area contributed by atoms with Gasteiger partial charge in [0, 0.05) is 33.8 Å². The third kappa shape index (κ3) is 10.5. The van der Waals surface area contributed by atoms with Gasteiger partial charge in [-0.2, -0.15) is 0 Å². The van der Waals surface area contributed by atoms with Crippen molar-refractivity contribution >= 4 is 16.0 Å². The Kier molecular flexibility index (Phi) is 8.84. The molecule has 0 saturated carbocycles. The van der Waals surface area contributed by atoms with Crippen LogP contribution >= 0.6 is 0 Å². The molecule has 0 rings (SSSR count). The zero-order valence-corrected chi connectivity index (χ0v) is 14.8. The molecule has 0 aliphatic carbocycles. The summed E-state index contributed by atoms with van der Waals surface area (Å²) in [6.07, 6.45) is 1.90. The van der Waals surface area contributed by atoms with Crippen LogP contribution in [0.3, 0.4) is 0 Å². The number of guanidine groups is 1. The number of rotatable bonds is 8. The first kappa shape index (κ1) is 20.1. The van der Waals surface area contributed by atoms with Gasteiger partial charge in [0.1, 0.15) is 0 Å². The number of nitrogens with one attached hydrogen (secondary N) is 3. The van der Waals surface area contributed by atoms with E-state index >= 15 is 0 Å². The predicted octanol–water partition coefficient (Wildman–Crippen LogP) is 0.152. The van der Waals surface area contributed by atoms with Crippen LogP contribution in [0.4, 0.5) is 0 Å². The molecule has 0 aromatic carbocycles. The van der Waals surface area contributed by atoms with Gasteiger partial charge in [0.25, 0.3) is 0 Å². The van der Waals surface area contributed by atoms with E-state index in [4.69, 9.17) is 4.74 Å². The molecule has 0 fully saturated rings. The van der Waals surface area contributed by atoms with Crippen LogP contribution in [-0.4, -0.2) is 60.5 Å². The topological polar surface area (TPSA) is 91.8 Å². The van der Waals surface area contributed by atoms with Crippen molar-refractivity contribution in [1.82, 2.24) is 15.4 Å². The molecule has 0 aliphatic rings. The summed E-state index contributed by atoms with van der Waals surface area (Å²) in [6.45, 7) is 8.06. The number of ether oxygens (including phenoxy) is 1.